The molecule has 34 heavy (non-hydrogen) atoms. The maximum absolute atomic E-state index is 12.9. The summed E-state index contributed by atoms with van der Waals surface area (Å²) >= 11 is 2.00. The summed E-state index contributed by atoms with van der Waals surface area (Å²) in [4.78, 5) is 7.68. The minimum Gasteiger partial charge on any atom is -0.490 e. The quantitative estimate of drug-likeness (QED) is 0.169. The molecule has 0 unspecified atom stereocenters. The van der Waals surface area contributed by atoms with Crippen LogP contribution in [0.15, 0.2) is 65.6 Å². The highest BCUT2D eigenvalue weighted by Gasteiger charge is 2.22. The second-order valence-corrected chi connectivity index (χ2v) is 10.1. The molecule has 0 amide bonds. The predicted molar refractivity (Wildman–Crippen MR) is 139 cm³/mol. The first-order valence-corrected chi connectivity index (χ1v) is 12.8. The lowest BCUT2D eigenvalue weighted by Gasteiger charge is -2.15. The van der Waals surface area contributed by atoms with Gasteiger partial charge in [-0.25, -0.2) is 4.98 Å². The Morgan fingerprint density at radius 1 is 1.18 bits per heavy atom. The highest BCUT2D eigenvalue weighted by atomic mass is 127. The molecule has 0 saturated carbocycles. The summed E-state index contributed by atoms with van der Waals surface area (Å²) in [5.41, 5.74) is 3.50. The standard InChI is InChI=1S/C25H20IN3O4S/c1-3-32-23-14-17(12-18(15-27)25-28-21-6-4-5-7-22(21)29-25)13-20(26)24(23)33-34(30,31)19-10-8-16(2)9-11-19/h4-14H,3H2,1-2H3,(H,28,29)/b18-12+. The number of ether oxygens (including phenoxy) is 1. The van der Waals surface area contributed by atoms with Crippen LogP contribution in [0.3, 0.4) is 0 Å². The van der Waals surface area contributed by atoms with Crippen molar-refractivity contribution in [1.82, 2.24) is 9.97 Å². The highest BCUT2D eigenvalue weighted by molar-refractivity contribution is 14.1. The van der Waals surface area contributed by atoms with Crippen LogP contribution < -0.4 is 8.92 Å². The van der Waals surface area contributed by atoms with E-state index in [0.717, 1.165) is 16.6 Å². The lowest BCUT2D eigenvalue weighted by molar-refractivity contribution is 0.327. The van der Waals surface area contributed by atoms with Crippen LogP contribution in [0.5, 0.6) is 11.5 Å². The van der Waals surface area contributed by atoms with Crippen LogP contribution in [0.25, 0.3) is 22.7 Å². The van der Waals surface area contributed by atoms with Crippen molar-refractivity contribution in [3.63, 3.8) is 0 Å². The summed E-state index contributed by atoms with van der Waals surface area (Å²) in [7, 11) is -4.06. The Hall–Kier alpha value is -3.36. The van der Waals surface area contributed by atoms with Gasteiger partial charge in [0.05, 0.1) is 26.8 Å². The second kappa shape index (κ2) is 9.87. The van der Waals surface area contributed by atoms with Gasteiger partial charge in [0.1, 0.15) is 16.8 Å². The number of allylic oxidation sites excluding steroid dienone is 1. The average Bonchev–Trinajstić information content (AvgIpc) is 3.24. The molecule has 0 atom stereocenters. The molecular weight excluding hydrogens is 565 g/mol. The molecule has 1 heterocycles. The molecule has 172 valence electrons. The smallest absolute Gasteiger partial charge is 0.339 e. The molecule has 3 aromatic carbocycles. The van der Waals surface area contributed by atoms with Gasteiger partial charge in [-0.1, -0.05) is 29.8 Å². The van der Waals surface area contributed by atoms with E-state index in [9.17, 15) is 13.7 Å². The van der Waals surface area contributed by atoms with E-state index in [-0.39, 0.29) is 16.4 Å². The number of nitriles is 1. The number of hydrogen-bond donors (Lipinski definition) is 1. The van der Waals surface area contributed by atoms with Crippen LogP contribution in [-0.4, -0.2) is 25.0 Å². The summed E-state index contributed by atoms with van der Waals surface area (Å²) in [6, 6.07) is 19.5. The van der Waals surface area contributed by atoms with Crippen LogP contribution in [-0.2, 0) is 10.1 Å². The number of nitrogens with zero attached hydrogens (tertiary/aromatic N) is 2. The number of aryl methyl sites for hydroxylation is 1. The van der Waals surface area contributed by atoms with E-state index in [1.807, 2.05) is 53.8 Å². The Labute approximate surface area is 211 Å². The van der Waals surface area contributed by atoms with Crippen LogP contribution in [0.2, 0.25) is 0 Å². The molecule has 4 aromatic rings. The Balaban J connectivity index is 1.73. The zero-order valence-corrected chi connectivity index (χ0v) is 21.3. The Morgan fingerprint density at radius 2 is 1.91 bits per heavy atom. The van der Waals surface area contributed by atoms with E-state index in [1.165, 1.54) is 12.1 Å². The van der Waals surface area contributed by atoms with Crippen LogP contribution in [0.4, 0.5) is 0 Å². The molecule has 0 radical (unpaired) electrons. The van der Waals surface area contributed by atoms with Gasteiger partial charge >= 0.3 is 10.1 Å². The average molecular weight is 585 g/mol. The first-order valence-electron chi connectivity index (χ1n) is 10.3. The molecule has 0 fully saturated rings. The van der Waals surface area contributed by atoms with Crippen molar-refractivity contribution >= 4 is 55.4 Å². The summed E-state index contributed by atoms with van der Waals surface area (Å²) < 4.78 is 37.4. The molecule has 0 aliphatic rings. The van der Waals surface area contributed by atoms with Gasteiger partial charge in [0.2, 0.25) is 0 Å². The highest BCUT2D eigenvalue weighted by Crippen LogP contribution is 2.37. The topological polar surface area (TPSA) is 105 Å². The molecule has 4 rings (SSSR count). The van der Waals surface area contributed by atoms with Crippen molar-refractivity contribution in [2.45, 2.75) is 18.7 Å². The summed E-state index contributed by atoms with van der Waals surface area (Å²) in [6.45, 7) is 3.97. The van der Waals surface area contributed by atoms with E-state index in [0.29, 0.717) is 27.1 Å². The molecule has 9 heteroatoms. The summed E-state index contributed by atoms with van der Waals surface area (Å²) in [5, 5.41) is 9.75. The van der Waals surface area contributed by atoms with E-state index in [2.05, 4.69) is 16.0 Å². The number of para-hydroxylation sites is 2. The molecule has 0 bridgehead atoms. The number of fused-ring (bicyclic) bond motifs is 1. The largest absolute Gasteiger partial charge is 0.490 e. The third-order valence-electron chi connectivity index (χ3n) is 4.91. The lowest BCUT2D eigenvalue weighted by Crippen LogP contribution is -2.12. The van der Waals surface area contributed by atoms with Gasteiger partial charge in [0.15, 0.2) is 11.5 Å². The van der Waals surface area contributed by atoms with E-state index >= 15 is 0 Å². The van der Waals surface area contributed by atoms with Crippen molar-refractivity contribution in [3.8, 4) is 17.6 Å². The molecule has 1 N–H and O–H groups in total. The first kappa shape index (κ1) is 23.8. The van der Waals surface area contributed by atoms with E-state index in [4.69, 9.17) is 8.92 Å². The van der Waals surface area contributed by atoms with Gasteiger partial charge < -0.3 is 13.9 Å². The third kappa shape index (κ3) is 5.08. The Kier molecular flexibility index (Phi) is 6.90. The molecule has 0 saturated heterocycles. The monoisotopic (exact) mass is 585 g/mol. The van der Waals surface area contributed by atoms with Crippen molar-refractivity contribution in [2.24, 2.45) is 0 Å². The number of aromatic nitrogens is 2. The normalized spacial score (nSPS) is 11.9. The van der Waals surface area contributed by atoms with Crippen LogP contribution >= 0.6 is 22.6 Å². The maximum atomic E-state index is 12.9. The SMILES string of the molecule is CCOc1cc(/C=C(\C#N)c2nc3ccccc3[nH]2)cc(I)c1OS(=O)(=O)c1ccc(C)cc1. The van der Waals surface area contributed by atoms with E-state index < -0.39 is 10.1 Å². The molecule has 0 aliphatic carbocycles. The Morgan fingerprint density at radius 3 is 2.59 bits per heavy atom. The van der Waals surface area contributed by atoms with Gasteiger partial charge in [-0.15, -0.1) is 0 Å². The van der Waals surface area contributed by atoms with Gasteiger partial charge in [0, 0.05) is 0 Å². The zero-order chi connectivity index (χ0) is 24.3. The molecule has 0 aliphatic heterocycles. The van der Waals surface area contributed by atoms with Crippen molar-refractivity contribution in [1.29, 1.82) is 5.26 Å². The summed E-state index contributed by atoms with van der Waals surface area (Å²) in [6.07, 6.45) is 1.67. The summed E-state index contributed by atoms with van der Waals surface area (Å²) in [5.74, 6) is 0.805. The molecule has 0 spiro atoms. The van der Waals surface area contributed by atoms with Gasteiger partial charge in [-0.3, -0.25) is 0 Å². The minimum atomic E-state index is -4.06. The number of nitrogens with one attached hydrogen (secondary N) is 1. The third-order valence-corrected chi connectivity index (χ3v) is 6.95. The fraction of sp³-hybridized carbons (Fsp3) is 0.120. The van der Waals surface area contributed by atoms with Crippen molar-refractivity contribution in [2.75, 3.05) is 6.61 Å². The van der Waals surface area contributed by atoms with E-state index in [1.54, 1.807) is 37.3 Å². The van der Waals surface area contributed by atoms with Crippen LogP contribution in [0.1, 0.15) is 23.9 Å². The number of halogens is 1. The zero-order valence-electron chi connectivity index (χ0n) is 18.4. The fourth-order valence-corrected chi connectivity index (χ4v) is 5.12. The molecule has 1 aromatic heterocycles. The number of imidazole rings is 1. The maximum Gasteiger partial charge on any atom is 0.339 e. The minimum absolute atomic E-state index is 0.0528. The number of benzene rings is 3. The lowest BCUT2D eigenvalue weighted by atomic mass is 10.1. The second-order valence-electron chi connectivity index (χ2n) is 7.39. The van der Waals surface area contributed by atoms with Crippen LogP contribution in [0, 0.1) is 21.8 Å². The molecule has 7 nitrogen and oxygen atoms in total. The number of aromatic amines is 1. The van der Waals surface area contributed by atoms with Crippen molar-refractivity contribution < 1.29 is 17.3 Å². The fourth-order valence-electron chi connectivity index (χ4n) is 3.28. The number of H-pyrrole nitrogens is 1. The van der Waals surface area contributed by atoms with Gasteiger partial charge in [-0.05, 0) is 84.5 Å². The number of rotatable bonds is 7. The number of hydrogen-bond acceptors (Lipinski definition) is 6. The van der Waals surface area contributed by atoms with Crippen molar-refractivity contribution in [3.05, 3.63) is 81.2 Å². The predicted octanol–water partition coefficient (Wildman–Crippen LogP) is 5.71. The Bertz CT molecular complexity index is 1500. The van der Waals surface area contributed by atoms with Gasteiger partial charge in [-0.2, -0.15) is 13.7 Å². The molecular formula is C25H20IN3O4S. The van der Waals surface area contributed by atoms with Gasteiger partial charge in [0.25, 0.3) is 0 Å². The first-order chi connectivity index (χ1) is 16.3.